The number of amides is 2. The van der Waals surface area contributed by atoms with Crippen LogP contribution in [0.1, 0.15) is 78.1 Å². The molecule has 2 N–H and O–H groups in total. The molecule has 5 heterocycles. The Morgan fingerprint density at radius 1 is 1.18 bits per heavy atom. The maximum Gasteiger partial charge on any atom is 0.416 e. The van der Waals surface area contributed by atoms with Gasteiger partial charge >= 0.3 is 6.18 Å². The predicted molar refractivity (Wildman–Crippen MR) is 145 cm³/mol. The number of nitrogens with one attached hydrogen (secondary N) is 2. The van der Waals surface area contributed by atoms with Gasteiger partial charge in [-0.15, -0.1) is 0 Å². The van der Waals surface area contributed by atoms with E-state index in [0.717, 1.165) is 0 Å². The van der Waals surface area contributed by atoms with Crippen LogP contribution in [-0.2, 0) is 27.7 Å². The lowest BCUT2D eigenvalue weighted by Crippen LogP contribution is -2.55. The average Bonchev–Trinajstić information content (AvgIpc) is 3.62. The molecule has 45 heavy (non-hydrogen) atoms. The molecule has 0 bridgehead atoms. The van der Waals surface area contributed by atoms with Crippen LogP contribution in [0.5, 0.6) is 0 Å². The summed E-state index contributed by atoms with van der Waals surface area (Å²) in [5.41, 5.74) is 1.36. The molecule has 3 aromatic rings. The number of aryl methyl sites for hydroxylation is 1. The number of alkyl halides is 5. The quantitative estimate of drug-likeness (QED) is 0.376. The number of aromatic nitrogens is 6. The van der Waals surface area contributed by atoms with Crippen LogP contribution in [0, 0.1) is 5.92 Å². The third kappa shape index (κ3) is 6.78. The maximum atomic E-state index is 14.1. The summed E-state index contributed by atoms with van der Waals surface area (Å²) in [7, 11) is 1.61. The van der Waals surface area contributed by atoms with Crippen LogP contribution >= 0.6 is 0 Å². The predicted octanol–water partition coefficient (Wildman–Crippen LogP) is 3.04. The normalized spacial score (nSPS) is 24.0. The Bertz CT molecular complexity index is 1540. The molecule has 3 fully saturated rings. The minimum Gasteiger partial charge on any atom is -0.381 e. The van der Waals surface area contributed by atoms with E-state index in [-0.39, 0.29) is 61.1 Å². The Kier molecular flexibility index (Phi) is 8.49. The third-order valence-corrected chi connectivity index (χ3v) is 8.76. The molecule has 0 spiro atoms. The van der Waals surface area contributed by atoms with Crippen LogP contribution in [0.2, 0.25) is 0 Å². The van der Waals surface area contributed by atoms with E-state index in [0.29, 0.717) is 37.4 Å². The van der Waals surface area contributed by atoms with Gasteiger partial charge in [-0.25, -0.2) is 23.3 Å². The molecular formula is C28H33F5N8O4. The highest BCUT2D eigenvalue weighted by molar-refractivity contribution is 5.92. The van der Waals surface area contributed by atoms with Gasteiger partial charge in [0.15, 0.2) is 6.10 Å². The summed E-state index contributed by atoms with van der Waals surface area (Å²) in [5, 5.41) is 13.9. The fourth-order valence-corrected chi connectivity index (χ4v) is 6.24. The second-order valence-corrected chi connectivity index (χ2v) is 11.8. The summed E-state index contributed by atoms with van der Waals surface area (Å²) in [5.74, 6) is -4.29. The van der Waals surface area contributed by atoms with Gasteiger partial charge in [-0.3, -0.25) is 14.3 Å². The maximum absolute atomic E-state index is 14.1. The Balaban J connectivity index is 1.35. The lowest BCUT2D eigenvalue weighted by Gasteiger charge is -2.33. The number of fused-ring (bicyclic) bond motifs is 1. The molecule has 2 saturated heterocycles. The van der Waals surface area contributed by atoms with Crippen molar-refractivity contribution in [3.8, 4) is 0 Å². The van der Waals surface area contributed by atoms with Gasteiger partial charge in [0.05, 0.1) is 35.9 Å². The number of hydrogen-bond acceptors (Lipinski definition) is 8. The molecule has 2 amide bonds. The van der Waals surface area contributed by atoms with Crippen molar-refractivity contribution in [2.45, 2.75) is 81.2 Å². The highest BCUT2D eigenvalue weighted by atomic mass is 19.4. The van der Waals surface area contributed by atoms with Crippen molar-refractivity contribution in [3.05, 3.63) is 41.2 Å². The number of carbonyl (C=O) groups is 2. The van der Waals surface area contributed by atoms with Gasteiger partial charge in [0.25, 0.3) is 11.7 Å². The Morgan fingerprint density at radius 2 is 1.91 bits per heavy atom. The highest BCUT2D eigenvalue weighted by Gasteiger charge is 2.46. The monoisotopic (exact) mass is 640 g/mol. The molecule has 17 heteroatoms. The molecule has 0 radical (unpaired) electrons. The van der Waals surface area contributed by atoms with Gasteiger partial charge in [-0.05, 0) is 37.7 Å². The zero-order valence-electron chi connectivity index (χ0n) is 24.4. The van der Waals surface area contributed by atoms with Crippen molar-refractivity contribution in [1.82, 2.24) is 40.0 Å². The van der Waals surface area contributed by atoms with Crippen LogP contribution in [0.25, 0.3) is 5.78 Å². The second-order valence-electron chi connectivity index (χ2n) is 11.8. The second kappa shape index (κ2) is 12.2. The van der Waals surface area contributed by atoms with E-state index in [4.69, 9.17) is 14.5 Å². The van der Waals surface area contributed by atoms with Crippen molar-refractivity contribution < 1.29 is 41.0 Å². The largest absolute Gasteiger partial charge is 0.416 e. The molecule has 3 atom stereocenters. The lowest BCUT2D eigenvalue weighted by atomic mass is 9.81. The minimum absolute atomic E-state index is 0.144. The first-order valence-electron chi connectivity index (χ1n) is 14.9. The summed E-state index contributed by atoms with van der Waals surface area (Å²) < 4.78 is 81.8. The highest BCUT2D eigenvalue weighted by Crippen LogP contribution is 2.41. The molecule has 3 aliphatic rings. The summed E-state index contributed by atoms with van der Waals surface area (Å²) in [6.45, 7) is 0.212. The molecule has 2 aliphatic heterocycles. The fraction of sp³-hybridized carbons (Fsp3) is 0.643. The minimum atomic E-state index is -4.66. The summed E-state index contributed by atoms with van der Waals surface area (Å²) in [6.07, 6.45) is -4.76. The van der Waals surface area contributed by atoms with Crippen molar-refractivity contribution in [3.63, 3.8) is 0 Å². The number of morpholine rings is 1. The SMILES string of the molecule is Cn1nccc1C(=O)N[C@H](c1cn2nc(CC3OC(C(F)(F)F)CNC3=O)c(C3CCOCC3)nc2n1)C1CCC(F)(F)CC1. The van der Waals surface area contributed by atoms with E-state index in [1.54, 1.807) is 7.05 Å². The topological polar surface area (TPSA) is 138 Å². The van der Waals surface area contributed by atoms with Crippen LogP contribution in [0.4, 0.5) is 22.0 Å². The van der Waals surface area contributed by atoms with Gasteiger partial charge in [0.1, 0.15) is 11.8 Å². The van der Waals surface area contributed by atoms with Crippen LogP contribution in [-0.4, -0.2) is 85.2 Å². The zero-order chi connectivity index (χ0) is 31.9. The molecule has 244 valence electrons. The van der Waals surface area contributed by atoms with Gasteiger partial charge in [0.2, 0.25) is 11.8 Å². The molecule has 1 saturated carbocycles. The summed E-state index contributed by atoms with van der Waals surface area (Å²) >= 11 is 0. The summed E-state index contributed by atoms with van der Waals surface area (Å²) in [4.78, 5) is 35.2. The van der Waals surface area contributed by atoms with Crippen LogP contribution < -0.4 is 10.6 Å². The van der Waals surface area contributed by atoms with Gasteiger partial charge in [-0.2, -0.15) is 23.4 Å². The van der Waals surface area contributed by atoms with E-state index >= 15 is 0 Å². The van der Waals surface area contributed by atoms with Crippen molar-refractivity contribution in [1.29, 1.82) is 0 Å². The standard InChI is InChI=1S/C28H33F5N8O4/c1-40-19(4-9-35-40)24(42)37-23(15-2-7-27(29,30)8-3-15)18-14-41-26(36-18)38-22(16-5-10-44-11-6-16)17(39-41)12-20-25(43)34-13-21(45-20)28(31,32)33/h4,9,14-16,20-21,23H,2-3,5-8,10-13H2,1H3,(H,34,43)(H,37,42)/t20?,21?,23-/m0/s1. The number of nitrogens with zero attached hydrogens (tertiary/aromatic N) is 6. The number of ether oxygens (including phenoxy) is 2. The zero-order valence-corrected chi connectivity index (χ0v) is 24.4. The molecule has 6 rings (SSSR count). The molecular weight excluding hydrogens is 607 g/mol. The van der Waals surface area contributed by atoms with Crippen molar-refractivity contribution >= 4 is 17.6 Å². The number of imidazole rings is 1. The Hall–Kier alpha value is -3.73. The Morgan fingerprint density at radius 3 is 2.58 bits per heavy atom. The van der Waals surface area contributed by atoms with E-state index in [9.17, 15) is 31.5 Å². The van der Waals surface area contributed by atoms with Crippen molar-refractivity contribution in [2.24, 2.45) is 13.0 Å². The molecule has 12 nitrogen and oxygen atoms in total. The number of hydrogen-bond donors (Lipinski definition) is 2. The summed E-state index contributed by atoms with van der Waals surface area (Å²) in [6, 6.07) is 0.773. The van der Waals surface area contributed by atoms with Crippen LogP contribution in [0.15, 0.2) is 18.5 Å². The van der Waals surface area contributed by atoms with Crippen molar-refractivity contribution in [2.75, 3.05) is 19.8 Å². The lowest BCUT2D eigenvalue weighted by molar-refractivity contribution is -0.237. The first-order chi connectivity index (χ1) is 21.4. The third-order valence-electron chi connectivity index (χ3n) is 8.76. The molecule has 2 unspecified atom stereocenters. The smallest absolute Gasteiger partial charge is 0.381 e. The van der Waals surface area contributed by atoms with Gasteiger partial charge < -0.3 is 20.1 Å². The fourth-order valence-electron chi connectivity index (χ4n) is 6.24. The number of rotatable bonds is 7. The Labute approximate surface area is 254 Å². The van der Waals surface area contributed by atoms with E-state index in [1.165, 1.54) is 27.7 Å². The van der Waals surface area contributed by atoms with Gasteiger partial charge in [0, 0.05) is 51.6 Å². The number of halogens is 5. The molecule has 3 aromatic heterocycles. The molecule has 1 aliphatic carbocycles. The average molecular weight is 641 g/mol. The van der Waals surface area contributed by atoms with E-state index in [2.05, 4.69) is 25.8 Å². The first kappa shape index (κ1) is 31.3. The van der Waals surface area contributed by atoms with E-state index in [1.807, 2.05) is 0 Å². The van der Waals surface area contributed by atoms with Gasteiger partial charge in [-0.1, -0.05) is 0 Å². The van der Waals surface area contributed by atoms with Crippen LogP contribution in [0.3, 0.4) is 0 Å². The van der Waals surface area contributed by atoms with E-state index < -0.39 is 48.7 Å². The molecule has 0 aromatic carbocycles. The first-order valence-corrected chi connectivity index (χ1v) is 14.9. The number of carbonyl (C=O) groups excluding carboxylic acids is 2.